The van der Waals surface area contributed by atoms with Crippen molar-refractivity contribution in [3.8, 4) is 22.6 Å². The molecule has 0 unspecified atom stereocenters. The lowest BCUT2D eigenvalue weighted by molar-refractivity contribution is 0.288. The second kappa shape index (κ2) is 4.96. The lowest BCUT2D eigenvalue weighted by Crippen LogP contribution is -2.08. The molecule has 2 nitrogen and oxygen atoms in total. The summed E-state index contributed by atoms with van der Waals surface area (Å²) in [5.41, 5.74) is 4.78. The SMILES string of the molecule is COc1cc(C)ccc1-c1ccc2c(c1)OCCC2. The zero-order valence-corrected chi connectivity index (χ0v) is 11.4. The van der Waals surface area contributed by atoms with Crippen LogP contribution < -0.4 is 9.47 Å². The van der Waals surface area contributed by atoms with Gasteiger partial charge in [0.2, 0.25) is 0 Å². The van der Waals surface area contributed by atoms with Gasteiger partial charge in [0.15, 0.2) is 0 Å². The van der Waals surface area contributed by atoms with Crippen LogP contribution in [0.25, 0.3) is 11.1 Å². The zero-order chi connectivity index (χ0) is 13.2. The van der Waals surface area contributed by atoms with E-state index in [4.69, 9.17) is 9.47 Å². The van der Waals surface area contributed by atoms with Crippen molar-refractivity contribution in [1.29, 1.82) is 0 Å². The van der Waals surface area contributed by atoms with E-state index in [0.717, 1.165) is 42.1 Å². The highest BCUT2D eigenvalue weighted by Gasteiger charge is 2.13. The largest absolute Gasteiger partial charge is 0.496 e. The van der Waals surface area contributed by atoms with Gasteiger partial charge < -0.3 is 9.47 Å². The Labute approximate surface area is 114 Å². The van der Waals surface area contributed by atoms with Crippen molar-refractivity contribution in [1.82, 2.24) is 0 Å². The molecule has 2 aromatic rings. The number of hydrogen-bond acceptors (Lipinski definition) is 2. The van der Waals surface area contributed by atoms with Gasteiger partial charge in [-0.25, -0.2) is 0 Å². The van der Waals surface area contributed by atoms with Crippen LogP contribution in [0.4, 0.5) is 0 Å². The van der Waals surface area contributed by atoms with Gasteiger partial charge in [-0.2, -0.15) is 0 Å². The second-order valence-electron chi connectivity index (χ2n) is 4.98. The van der Waals surface area contributed by atoms with Gasteiger partial charge in [-0.3, -0.25) is 0 Å². The predicted molar refractivity (Wildman–Crippen MR) is 77.0 cm³/mol. The Hall–Kier alpha value is -1.96. The standard InChI is InChI=1S/C17H18O2/c1-12-5-8-15(17(10-12)18-2)14-7-6-13-4-3-9-19-16(13)11-14/h5-8,10-11H,3-4,9H2,1-2H3. The molecule has 0 saturated heterocycles. The first kappa shape index (κ1) is 12.1. The van der Waals surface area contributed by atoms with Crippen LogP contribution in [0.5, 0.6) is 11.5 Å². The van der Waals surface area contributed by atoms with Gasteiger partial charge in [-0.05, 0) is 48.6 Å². The fraction of sp³-hybridized carbons (Fsp3) is 0.294. The number of hydrogen-bond donors (Lipinski definition) is 0. The Bertz CT molecular complexity index is 602. The Kier molecular flexibility index (Phi) is 3.16. The van der Waals surface area contributed by atoms with E-state index in [-0.39, 0.29) is 0 Å². The third-order valence-electron chi connectivity index (χ3n) is 3.58. The number of ether oxygens (including phenoxy) is 2. The van der Waals surface area contributed by atoms with Gasteiger partial charge in [-0.15, -0.1) is 0 Å². The monoisotopic (exact) mass is 254 g/mol. The molecule has 0 atom stereocenters. The third kappa shape index (κ3) is 2.30. The third-order valence-corrected chi connectivity index (χ3v) is 3.58. The van der Waals surface area contributed by atoms with Crippen LogP contribution in [-0.2, 0) is 6.42 Å². The van der Waals surface area contributed by atoms with E-state index < -0.39 is 0 Å². The van der Waals surface area contributed by atoms with Crippen molar-refractivity contribution in [2.24, 2.45) is 0 Å². The number of fused-ring (bicyclic) bond motifs is 1. The van der Waals surface area contributed by atoms with Gasteiger partial charge in [0.25, 0.3) is 0 Å². The quantitative estimate of drug-likeness (QED) is 0.806. The summed E-state index contributed by atoms with van der Waals surface area (Å²) in [6.07, 6.45) is 2.22. The first-order valence-corrected chi connectivity index (χ1v) is 6.68. The maximum absolute atomic E-state index is 5.74. The molecule has 3 rings (SSSR count). The van der Waals surface area contributed by atoms with E-state index in [0.29, 0.717) is 0 Å². The van der Waals surface area contributed by atoms with Crippen molar-refractivity contribution in [3.63, 3.8) is 0 Å². The molecule has 0 spiro atoms. The van der Waals surface area contributed by atoms with E-state index in [9.17, 15) is 0 Å². The molecular formula is C17H18O2. The van der Waals surface area contributed by atoms with Crippen molar-refractivity contribution >= 4 is 0 Å². The van der Waals surface area contributed by atoms with E-state index in [1.54, 1.807) is 7.11 Å². The summed E-state index contributed by atoms with van der Waals surface area (Å²) < 4.78 is 11.2. The van der Waals surface area contributed by atoms with E-state index in [1.807, 2.05) is 0 Å². The van der Waals surface area contributed by atoms with Crippen molar-refractivity contribution in [2.45, 2.75) is 19.8 Å². The minimum absolute atomic E-state index is 0.821. The first-order valence-electron chi connectivity index (χ1n) is 6.68. The number of rotatable bonds is 2. The lowest BCUT2D eigenvalue weighted by Gasteiger charge is -2.18. The molecule has 98 valence electrons. The van der Waals surface area contributed by atoms with E-state index >= 15 is 0 Å². The first-order chi connectivity index (χ1) is 9.28. The maximum atomic E-state index is 5.74. The summed E-state index contributed by atoms with van der Waals surface area (Å²) >= 11 is 0. The predicted octanol–water partition coefficient (Wildman–Crippen LogP) is 4.00. The number of aryl methyl sites for hydroxylation is 2. The number of benzene rings is 2. The van der Waals surface area contributed by atoms with E-state index in [2.05, 4.69) is 43.3 Å². The summed E-state index contributed by atoms with van der Waals surface area (Å²) in [4.78, 5) is 0. The zero-order valence-electron chi connectivity index (χ0n) is 11.4. The fourth-order valence-corrected chi connectivity index (χ4v) is 2.54. The summed E-state index contributed by atoms with van der Waals surface area (Å²) in [6.45, 7) is 2.89. The average molecular weight is 254 g/mol. The summed E-state index contributed by atoms with van der Waals surface area (Å²) in [5.74, 6) is 1.93. The smallest absolute Gasteiger partial charge is 0.126 e. The van der Waals surface area contributed by atoms with Crippen LogP contribution in [-0.4, -0.2) is 13.7 Å². The van der Waals surface area contributed by atoms with Crippen LogP contribution in [0.2, 0.25) is 0 Å². The highest BCUT2D eigenvalue weighted by Crippen LogP contribution is 2.35. The minimum Gasteiger partial charge on any atom is -0.496 e. The van der Waals surface area contributed by atoms with Crippen LogP contribution in [0.15, 0.2) is 36.4 Å². The van der Waals surface area contributed by atoms with Crippen LogP contribution in [0, 0.1) is 6.92 Å². The Morgan fingerprint density at radius 1 is 1.11 bits per heavy atom. The highest BCUT2D eigenvalue weighted by atomic mass is 16.5. The number of methoxy groups -OCH3 is 1. The van der Waals surface area contributed by atoms with Gasteiger partial charge in [0, 0.05) is 5.56 Å². The summed E-state index contributed by atoms with van der Waals surface area (Å²) in [6, 6.07) is 12.7. The molecule has 0 saturated carbocycles. The Balaban J connectivity index is 2.07. The molecule has 0 bridgehead atoms. The lowest BCUT2D eigenvalue weighted by atomic mass is 9.98. The highest BCUT2D eigenvalue weighted by molar-refractivity contribution is 5.72. The second-order valence-corrected chi connectivity index (χ2v) is 4.98. The minimum atomic E-state index is 0.821. The van der Waals surface area contributed by atoms with Gasteiger partial charge >= 0.3 is 0 Å². The molecule has 1 aliphatic heterocycles. The molecular weight excluding hydrogens is 236 g/mol. The molecule has 1 heterocycles. The molecule has 2 aromatic carbocycles. The topological polar surface area (TPSA) is 18.5 Å². The van der Waals surface area contributed by atoms with Crippen LogP contribution >= 0.6 is 0 Å². The molecule has 0 amide bonds. The molecule has 0 radical (unpaired) electrons. The van der Waals surface area contributed by atoms with Gasteiger partial charge in [0.1, 0.15) is 11.5 Å². The van der Waals surface area contributed by atoms with Gasteiger partial charge in [-0.1, -0.05) is 24.3 Å². The molecule has 2 heteroatoms. The summed E-state index contributed by atoms with van der Waals surface area (Å²) in [5, 5.41) is 0. The van der Waals surface area contributed by atoms with Gasteiger partial charge in [0.05, 0.1) is 13.7 Å². The Morgan fingerprint density at radius 3 is 2.84 bits per heavy atom. The normalized spacial score (nSPS) is 13.6. The molecule has 19 heavy (non-hydrogen) atoms. The molecule has 0 aliphatic carbocycles. The molecule has 1 aliphatic rings. The van der Waals surface area contributed by atoms with E-state index in [1.165, 1.54) is 11.1 Å². The van der Waals surface area contributed by atoms with Crippen molar-refractivity contribution < 1.29 is 9.47 Å². The van der Waals surface area contributed by atoms with Crippen molar-refractivity contribution in [2.75, 3.05) is 13.7 Å². The van der Waals surface area contributed by atoms with Crippen molar-refractivity contribution in [3.05, 3.63) is 47.5 Å². The molecule has 0 aromatic heterocycles. The Morgan fingerprint density at radius 2 is 2.00 bits per heavy atom. The van der Waals surface area contributed by atoms with Crippen LogP contribution in [0.1, 0.15) is 17.5 Å². The molecule has 0 fully saturated rings. The molecule has 0 N–H and O–H groups in total. The maximum Gasteiger partial charge on any atom is 0.126 e. The fourth-order valence-electron chi connectivity index (χ4n) is 2.54. The summed E-state index contributed by atoms with van der Waals surface area (Å²) in [7, 11) is 1.72. The average Bonchev–Trinajstić information content (AvgIpc) is 2.46. The van der Waals surface area contributed by atoms with Crippen LogP contribution in [0.3, 0.4) is 0 Å².